The monoisotopic (exact) mass is 745 g/mol. The van der Waals surface area contributed by atoms with Crippen molar-refractivity contribution in [2.75, 3.05) is 30.9 Å². The van der Waals surface area contributed by atoms with Crippen LogP contribution in [0.3, 0.4) is 0 Å². The second-order valence-corrected chi connectivity index (χ2v) is 12.3. The fourth-order valence-electron chi connectivity index (χ4n) is 4.37. The van der Waals surface area contributed by atoms with E-state index in [2.05, 4.69) is 56.0 Å². The molecular formula is C25H19F3IN7O5S2. The largest absolute Gasteiger partial charge is 0.534 e. The van der Waals surface area contributed by atoms with Crippen molar-refractivity contribution in [3.05, 3.63) is 54.5 Å². The zero-order chi connectivity index (χ0) is 30.4. The highest BCUT2D eigenvalue weighted by molar-refractivity contribution is 14.2. The minimum absolute atomic E-state index is 0.0380. The van der Waals surface area contributed by atoms with Crippen LogP contribution >= 0.6 is 30.3 Å². The highest BCUT2D eigenvalue weighted by Crippen LogP contribution is 2.40. The van der Waals surface area contributed by atoms with E-state index in [1.165, 1.54) is 21.4 Å². The lowest BCUT2D eigenvalue weighted by Crippen LogP contribution is -2.28. The van der Waals surface area contributed by atoms with Crippen LogP contribution in [-0.2, 0) is 16.7 Å². The van der Waals surface area contributed by atoms with Gasteiger partial charge in [-0.1, -0.05) is 6.07 Å². The number of hydrogen-bond donors (Lipinski definition) is 2. The van der Waals surface area contributed by atoms with Crippen molar-refractivity contribution in [2.45, 2.75) is 12.1 Å². The molecule has 43 heavy (non-hydrogen) atoms. The Morgan fingerprint density at radius 2 is 1.93 bits per heavy atom. The van der Waals surface area contributed by atoms with Gasteiger partial charge in [0.2, 0.25) is 5.95 Å². The molecule has 0 aliphatic carbocycles. The summed E-state index contributed by atoms with van der Waals surface area (Å²) in [5.41, 5.74) is -2.59. The molecule has 0 unspecified atom stereocenters. The molecule has 0 spiro atoms. The van der Waals surface area contributed by atoms with Crippen molar-refractivity contribution >= 4 is 74.1 Å². The van der Waals surface area contributed by atoms with E-state index in [4.69, 9.17) is 9.47 Å². The number of halogens is 4. The second kappa shape index (κ2) is 11.4. The first kappa shape index (κ1) is 29.3. The van der Waals surface area contributed by atoms with E-state index in [1.807, 2.05) is 10.2 Å². The summed E-state index contributed by atoms with van der Waals surface area (Å²) >= 11 is 2.14. The van der Waals surface area contributed by atoms with Gasteiger partial charge < -0.3 is 24.3 Å². The van der Waals surface area contributed by atoms with E-state index in [-0.39, 0.29) is 24.5 Å². The number of rotatable bonds is 4. The molecule has 5 heterocycles. The van der Waals surface area contributed by atoms with Crippen molar-refractivity contribution in [2.24, 2.45) is 0 Å². The van der Waals surface area contributed by atoms with Gasteiger partial charge in [0, 0.05) is 67.3 Å². The van der Waals surface area contributed by atoms with Gasteiger partial charge in [0.15, 0.2) is 11.4 Å². The van der Waals surface area contributed by atoms with Gasteiger partial charge in [-0.05, 0) is 35.4 Å². The van der Waals surface area contributed by atoms with Gasteiger partial charge in [-0.3, -0.25) is 8.96 Å². The van der Waals surface area contributed by atoms with Gasteiger partial charge in [-0.25, -0.2) is 4.98 Å². The first-order valence-electron chi connectivity index (χ1n) is 12.4. The van der Waals surface area contributed by atoms with E-state index in [9.17, 15) is 21.6 Å². The number of nitrogens with zero attached hydrogens (tertiary/aromatic N) is 5. The lowest BCUT2D eigenvalue weighted by Gasteiger charge is -2.14. The zero-order valence-corrected chi connectivity index (χ0v) is 25.6. The average Bonchev–Trinajstić information content (AvgIpc) is 3.36. The van der Waals surface area contributed by atoms with Gasteiger partial charge in [-0.2, -0.15) is 31.6 Å². The third-order valence-electron chi connectivity index (χ3n) is 6.28. The summed E-state index contributed by atoms with van der Waals surface area (Å²) in [4.78, 5) is 17.6. The molecular weight excluding hydrogens is 726 g/mol. The number of hydrogen-bond acceptors (Lipinski definition) is 12. The summed E-state index contributed by atoms with van der Waals surface area (Å²) < 4.78 is 80.7. The summed E-state index contributed by atoms with van der Waals surface area (Å²) in [5, 5.41) is 7.54. The molecule has 224 valence electrons. The third-order valence-corrected chi connectivity index (χ3v) is 8.93. The van der Waals surface area contributed by atoms with Gasteiger partial charge in [0.05, 0.1) is 17.1 Å². The molecule has 1 aliphatic rings. The van der Waals surface area contributed by atoms with Crippen molar-refractivity contribution in [1.29, 1.82) is 0 Å². The van der Waals surface area contributed by atoms with Gasteiger partial charge >= 0.3 is 15.6 Å². The molecule has 4 aromatic heterocycles. The van der Waals surface area contributed by atoms with Crippen molar-refractivity contribution in [1.82, 2.24) is 23.9 Å². The van der Waals surface area contributed by atoms with Crippen LogP contribution in [0, 0.1) is 0 Å². The summed E-state index contributed by atoms with van der Waals surface area (Å²) in [6.45, 7) is 0.155. The lowest BCUT2D eigenvalue weighted by molar-refractivity contribution is -0.0502. The molecule has 5 bridgehead atoms. The lowest BCUT2D eigenvalue weighted by atomic mass is 10.0. The fraction of sp³-hybridized carbons (Fsp3) is 0.200. The number of benzene rings is 1. The highest BCUT2D eigenvalue weighted by Gasteiger charge is 2.49. The fourth-order valence-corrected chi connectivity index (χ4v) is 6.03. The molecule has 1 aromatic carbocycles. The molecule has 0 atom stereocenters. The smallest absolute Gasteiger partial charge is 0.488 e. The molecule has 5 aromatic rings. The van der Waals surface area contributed by atoms with Gasteiger partial charge in [0.1, 0.15) is 24.8 Å². The zero-order valence-electron chi connectivity index (χ0n) is 21.8. The van der Waals surface area contributed by atoms with E-state index in [0.29, 0.717) is 46.0 Å². The van der Waals surface area contributed by atoms with Crippen molar-refractivity contribution in [3.8, 4) is 28.5 Å². The molecule has 0 fully saturated rings. The summed E-state index contributed by atoms with van der Waals surface area (Å²) in [6.07, 6.45) is 5.06. The molecule has 2 N–H and O–H groups in total. The van der Waals surface area contributed by atoms with Gasteiger partial charge in [0.25, 0.3) is 5.88 Å². The van der Waals surface area contributed by atoms with Crippen LogP contribution in [0.2, 0.25) is 0 Å². The molecule has 18 heteroatoms. The SMILES string of the molecule is CNc1nc2c3c(cn(SI)c3n1)-c1ccc3nc(OS(=O)(=O)C(F)(F)F)c(cc3c1)OCCOc1cncc(c1)CN2. The Morgan fingerprint density at radius 3 is 2.70 bits per heavy atom. The quantitative estimate of drug-likeness (QED) is 0.136. The third kappa shape index (κ3) is 5.77. The van der Waals surface area contributed by atoms with Crippen LogP contribution in [0.1, 0.15) is 5.56 Å². The Hall–Kier alpha value is -3.78. The van der Waals surface area contributed by atoms with E-state index < -0.39 is 21.5 Å². The molecule has 1 aliphatic heterocycles. The minimum atomic E-state index is -6.01. The van der Waals surface area contributed by atoms with Crippen LogP contribution < -0.4 is 24.3 Å². The Balaban J connectivity index is 1.56. The number of aromatic nitrogens is 5. The van der Waals surface area contributed by atoms with Crippen LogP contribution in [0.15, 0.2) is 48.9 Å². The van der Waals surface area contributed by atoms with Crippen molar-refractivity contribution < 1.29 is 35.2 Å². The number of anilines is 2. The molecule has 0 saturated heterocycles. The van der Waals surface area contributed by atoms with Crippen LogP contribution in [0.5, 0.6) is 17.4 Å². The van der Waals surface area contributed by atoms with Crippen LogP contribution in [0.25, 0.3) is 33.1 Å². The number of nitrogens with one attached hydrogen (secondary N) is 2. The number of ether oxygens (including phenoxy) is 2. The van der Waals surface area contributed by atoms with E-state index in [0.717, 1.165) is 11.1 Å². The summed E-state index contributed by atoms with van der Waals surface area (Å²) in [7, 11) is -2.89. The first-order chi connectivity index (χ1) is 20.6. The molecule has 0 radical (unpaired) electrons. The average molecular weight is 746 g/mol. The standard InChI is InChI=1S/C25H19F3IN7O5S2/c1-30-24-34-21-20-17(12-36(42-29)22(20)35-24)14-2-3-18-15(7-14)8-19(23(33-18)41-43(37,38)25(26,27)28)40-5-4-39-16-6-13(10-32-21)9-31-11-16/h2-3,6-9,11-12H,4-5,10H2,1H3,(H2,30,32,34,35). The molecule has 0 amide bonds. The minimum Gasteiger partial charge on any atom is -0.488 e. The normalized spacial score (nSPS) is 13.8. The molecule has 12 nitrogen and oxygen atoms in total. The number of fused-ring (bicyclic) bond motifs is 5. The topological polar surface area (TPSA) is 142 Å². The predicted octanol–water partition coefficient (Wildman–Crippen LogP) is 5.54. The highest BCUT2D eigenvalue weighted by atomic mass is 127. The molecule has 0 saturated carbocycles. The summed E-state index contributed by atoms with van der Waals surface area (Å²) in [6, 6.07) is 8.15. The van der Waals surface area contributed by atoms with Gasteiger partial charge in [-0.15, -0.1) is 0 Å². The number of pyridine rings is 2. The molecule has 6 rings (SSSR count). The Bertz CT molecular complexity index is 1980. The Kier molecular flexibility index (Phi) is 7.75. The van der Waals surface area contributed by atoms with E-state index >= 15 is 0 Å². The Labute approximate surface area is 258 Å². The first-order valence-corrected chi connectivity index (χ1v) is 17.1. The van der Waals surface area contributed by atoms with Crippen LogP contribution in [0.4, 0.5) is 24.9 Å². The van der Waals surface area contributed by atoms with Crippen LogP contribution in [-0.4, -0.2) is 58.1 Å². The Morgan fingerprint density at radius 1 is 1.12 bits per heavy atom. The second-order valence-electron chi connectivity index (χ2n) is 9.04. The summed E-state index contributed by atoms with van der Waals surface area (Å²) in [5.74, 6) is 0.203. The van der Waals surface area contributed by atoms with E-state index in [1.54, 1.807) is 37.5 Å². The maximum atomic E-state index is 13.1. The predicted molar refractivity (Wildman–Crippen MR) is 163 cm³/mol. The maximum Gasteiger partial charge on any atom is 0.534 e. The van der Waals surface area contributed by atoms with Crippen molar-refractivity contribution in [3.63, 3.8) is 0 Å². The number of alkyl halides is 3. The maximum absolute atomic E-state index is 13.1.